The molecule has 0 aromatic carbocycles. The molecule has 0 N–H and O–H groups in total. The van der Waals surface area contributed by atoms with Gasteiger partial charge in [0, 0.05) is 17.1 Å². The van der Waals surface area contributed by atoms with E-state index in [0.29, 0.717) is 0 Å². The molecule has 0 aliphatic rings. The second kappa shape index (κ2) is 17.1. The molecule has 0 heterocycles. The Labute approximate surface area is 84.2 Å². The van der Waals surface area contributed by atoms with Crippen LogP contribution in [-0.4, -0.2) is 68.6 Å². The van der Waals surface area contributed by atoms with E-state index in [-0.39, 0.29) is 85.7 Å². The average Bonchev–Trinajstić information content (AvgIpc) is 0. The van der Waals surface area contributed by atoms with Crippen LogP contribution >= 0.6 is 0 Å². The Bertz CT molecular complexity index is 8.00. The molecule has 0 aromatic heterocycles. The van der Waals surface area contributed by atoms with E-state index in [4.69, 9.17) is 0 Å². The Hall–Kier alpha value is 2.78. The summed E-state index contributed by atoms with van der Waals surface area (Å²) in [6.45, 7) is 0. The van der Waals surface area contributed by atoms with Crippen LogP contribution in [0.2, 0.25) is 0 Å². The van der Waals surface area contributed by atoms with Gasteiger partial charge in [0.2, 0.25) is 0 Å². The summed E-state index contributed by atoms with van der Waals surface area (Å²) in [6, 6.07) is 0. The van der Waals surface area contributed by atoms with Crippen LogP contribution in [0.5, 0.6) is 0 Å². The van der Waals surface area contributed by atoms with Gasteiger partial charge >= 0.3 is 68.6 Å². The van der Waals surface area contributed by atoms with Gasteiger partial charge in [-0.3, -0.25) is 0 Å². The summed E-state index contributed by atoms with van der Waals surface area (Å²) in [4.78, 5) is 0. The minimum atomic E-state index is 0. The van der Waals surface area contributed by atoms with Crippen LogP contribution in [0, 0.1) is 0 Å². The van der Waals surface area contributed by atoms with Crippen molar-refractivity contribution in [1.82, 2.24) is 0 Å². The Kier molecular flexibility index (Phi) is 125. The standard InChI is InChI=1S/AsH3.Bi.Cu.Sb.6H/h1H3;;;;;;;;;. The summed E-state index contributed by atoms with van der Waals surface area (Å²) in [6.07, 6.45) is 0. The maximum atomic E-state index is 0. The van der Waals surface area contributed by atoms with Crippen LogP contribution in [0.1, 0.15) is 0 Å². The molecule has 0 spiro atoms. The molecule has 0 saturated carbocycles. The second-order valence-corrected chi connectivity index (χ2v) is 0. The maximum absolute atomic E-state index is 0. The number of hydrogen-bond donors (Lipinski definition) is 0. The van der Waals surface area contributed by atoms with Crippen molar-refractivity contribution in [2.24, 2.45) is 0 Å². The van der Waals surface area contributed by atoms with E-state index in [1.165, 1.54) is 0 Å². The molecule has 0 rings (SSSR count). The molecule has 4 heteroatoms. The first-order valence-electron chi connectivity index (χ1n) is 0. The topological polar surface area (TPSA) is 0 Å². The van der Waals surface area contributed by atoms with Crippen LogP contribution < -0.4 is 0 Å². The van der Waals surface area contributed by atoms with Gasteiger partial charge in [-0.25, -0.2) is 0 Å². The zero-order valence-electron chi connectivity index (χ0n) is 2.42. The van der Waals surface area contributed by atoms with Crippen LogP contribution in [0.4, 0.5) is 0 Å². The summed E-state index contributed by atoms with van der Waals surface area (Å²) >= 11 is 0. The van der Waals surface area contributed by atoms with Gasteiger partial charge in [0.1, 0.15) is 0 Å². The van der Waals surface area contributed by atoms with Gasteiger partial charge in [-0.05, 0) is 0 Å². The van der Waals surface area contributed by atoms with Crippen molar-refractivity contribution in [2.45, 2.75) is 0 Å². The average molecular weight is 478 g/mol. The van der Waals surface area contributed by atoms with Gasteiger partial charge in [0.25, 0.3) is 0 Å². The molecule has 0 amide bonds. The molecule has 0 fully saturated rings. The fourth-order valence-electron chi connectivity index (χ4n) is 0. The van der Waals surface area contributed by atoms with Crippen molar-refractivity contribution in [3.63, 3.8) is 0 Å². The van der Waals surface area contributed by atoms with Gasteiger partial charge < -0.3 is 0 Å². The van der Waals surface area contributed by atoms with E-state index in [2.05, 4.69) is 0 Å². The molecule has 0 aromatic rings. The van der Waals surface area contributed by atoms with E-state index < -0.39 is 0 Å². The van der Waals surface area contributed by atoms with E-state index in [0.717, 1.165) is 0 Å². The molecular formula is H9AsBiCuSb. The van der Waals surface area contributed by atoms with E-state index in [1.807, 2.05) is 0 Å². The third-order valence-electron chi connectivity index (χ3n) is 0. The van der Waals surface area contributed by atoms with Crippen LogP contribution in [0.3, 0.4) is 0 Å². The number of rotatable bonds is 0. The Balaban J connectivity index is 0. The zero-order chi connectivity index (χ0) is 0. The quantitative estimate of drug-likeness (QED) is 0.317. The SMILES string of the molecule is [AsH3].[BiH3].[Cu].[SbH3]. The molecule has 1 radical (unpaired) electrons. The summed E-state index contributed by atoms with van der Waals surface area (Å²) in [5, 5.41) is 0. The molecule has 0 aliphatic carbocycles. The molecule has 35 valence electrons. The van der Waals surface area contributed by atoms with Crippen molar-refractivity contribution in [1.29, 1.82) is 0 Å². The molecule has 1 atom stereocenters. The molecule has 0 aliphatic heterocycles. The Morgan fingerprint density at radius 2 is 1.00 bits per heavy atom. The first-order valence-corrected chi connectivity index (χ1v) is 0. The third-order valence-corrected chi connectivity index (χ3v) is 0. The molecule has 0 saturated heterocycles. The number of hydrogen-bond acceptors (Lipinski definition) is 0. The van der Waals surface area contributed by atoms with Gasteiger partial charge in [0.05, 0.1) is 0 Å². The fourth-order valence-corrected chi connectivity index (χ4v) is 0. The van der Waals surface area contributed by atoms with Gasteiger partial charge in [-0.15, -0.1) is 0 Å². The third kappa shape index (κ3) is 8.84. The molecule has 1 unspecified atom stereocenters. The van der Waals surface area contributed by atoms with Crippen molar-refractivity contribution >= 4 is 68.6 Å². The zero-order valence-corrected chi connectivity index (χ0v) is 15.9. The molecule has 0 bridgehead atoms. The van der Waals surface area contributed by atoms with Crippen LogP contribution in [0.25, 0.3) is 0 Å². The Morgan fingerprint density at radius 1 is 1.00 bits per heavy atom. The first kappa shape index (κ1) is 29.3. The molecule has 0 nitrogen and oxygen atoms in total. The van der Waals surface area contributed by atoms with Crippen molar-refractivity contribution < 1.29 is 17.1 Å². The van der Waals surface area contributed by atoms with E-state index in [1.54, 1.807) is 0 Å². The molecular weight excluding hydrogens is 469 g/mol. The van der Waals surface area contributed by atoms with Crippen LogP contribution in [0.15, 0.2) is 0 Å². The summed E-state index contributed by atoms with van der Waals surface area (Å²) < 4.78 is 0. The minimum absolute atomic E-state index is 0. The summed E-state index contributed by atoms with van der Waals surface area (Å²) in [5.74, 6) is 0. The first-order chi connectivity index (χ1) is 0. The van der Waals surface area contributed by atoms with Gasteiger partial charge in [-0.1, -0.05) is 0 Å². The van der Waals surface area contributed by atoms with E-state index in [9.17, 15) is 0 Å². The van der Waals surface area contributed by atoms with Gasteiger partial charge in [-0.2, -0.15) is 0 Å². The van der Waals surface area contributed by atoms with Crippen molar-refractivity contribution in [3.05, 3.63) is 0 Å². The summed E-state index contributed by atoms with van der Waals surface area (Å²) in [7, 11) is 0. The fraction of sp³-hybridized carbons (Fsp3) is 0. The van der Waals surface area contributed by atoms with Gasteiger partial charge in [0.15, 0.2) is 0 Å². The summed E-state index contributed by atoms with van der Waals surface area (Å²) in [5.41, 5.74) is 0. The molecule has 4 heavy (non-hydrogen) atoms. The predicted molar refractivity (Wildman–Crippen MR) is 29.8 cm³/mol. The second-order valence-electron chi connectivity index (χ2n) is 0. The van der Waals surface area contributed by atoms with E-state index >= 15 is 0 Å². The van der Waals surface area contributed by atoms with Crippen LogP contribution in [-0.2, 0) is 17.1 Å². The normalized spacial score (nSPS) is 0. The predicted octanol–water partition coefficient (Wildman–Crippen LogP) is -3.55. The van der Waals surface area contributed by atoms with Crippen molar-refractivity contribution in [2.75, 3.05) is 0 Å². The Morgan fingerprint density at radius 3 is 1.00 bits per heavy atom. The van der Waals surface area contributed by atoms with Crippen molar-refractivity contribution in [3.8, 4) is 0 Å². The monoisotopic (exact) mass is 477 g/mol.